The second-order valence-corrected chi connectivity index (χ2v) is 4.11. The van der Waals surface area contributed by atoms with Crippen LogP contribution in [0.15, 0.2) is 24.3 Å². The fraction of sp³-hybridized carbons (Fsp3) is 0.571. The summed E-state index contributed by atoms with van der Waals surface area (Å²) < 4.78 is 10.3. The molecule has 18 heavy (non-hydrogen) atoms. The first-order valence-corrected chi connectivity index (χ1v) is 6.33. The highest BCUT2D eigenvalue weighted by Gasteiger charge is 1.95. The zero-order valence-corrected chi connectivity index (χ0v) is 11.0. The van der Waals surface area contributed by atoms with Gasteiger partial charge in [-0.05, 0) is 24.1 Å². The normalized spacial score (nSPS) is 10.8. The van der Waals surface area contributed by atoms with Crippen molar-refractivity contribution in [3.63, 3.8) is 0 Å². The molecular weight excluding hydrogens is 230 g/mol. The van der Waals surface area contributed by atoms with Crippen LogP contribution in [0.5, 0.6) is 0 Å². The van der Waals surface area contributed by atoms with Gasteiger partial charge in [0.2, 0.25) is 0 Å². The van der Waals surface area contributed by atoms with Crippen molar-refractivity contribution in [2.75, 3.05) is 33.5 Å². The van der Waals surface area contributed by atoms with Crippen molar-refractivity contribution in [2.45, 2.75) is 19.6 Å². The van der Waals surface area contributed by atoms with E-state index in [1.807, 2.05) is 18.2 Å². The molecule has 0 aliphatic rings. The average Bonchev–Trinajstić information content (AvgIpc) is 2.42. The van der Waals surface area contributed by atoms with Gasteiger partial charge in [-0.25, -0.2) is 0 Å². The smallest absolute Gasteiger partial charge is 0.0700 e. The lowest BCUT2D eigenvalue weighted by Gasteiger charge is -2.07. The number of benzene rings is 1. The molecule has 1 rings (SSSR count). The van der Waals surface area contributed by atoms with E-state index in [9.17, 15) is 0 Å². The van der Waals surface area contributed by atoms with Gasteiger partial charge in [0.05, 0.1) is 19.8 Å². The Labute approximate surface area is 109 Å². The lowest BCUT2D eigenvalue weighted by Crippen LogP contribution is -2.17. The molecule has 1 aromatic rings. The van der Waals surface area contributed by atoms with E-state index in [1.165, 1.54) is 5.56 Å². The minimum atomic E-state index is 0.0984. The predicted molar refractivity (Wildman–Crippen MR) is 71.4 cm³/mol. The molecule has 0 bridgehead atoms. The molecule has 0 atom stereocenters. The second kappa shape index (κ2) is 10.0. The molecule has 0 fully saturated rings. The Morgan fingerprint density at radius 1 is 1.17 bits per heavy atom. The van der Waals surface area contributed by atoms with E-state index in [0.717, 1.165) is 31.7 Å². The van der Waals surface area contributed by atoms with Gasteiger partial charge >= 0.3 is 0 Å². The number of methoxy groups -OCH3 is 1. The summed E-state index contributed by atoms with van der Waals surface area (Å²) in [7, 11) is 1.67. The predicted octanol–water partition coefficient (Wildman–Crippen LogP) is 1.32. The fourth-order valence-corrected chi connectivity index (χ4v) is 1.61. The van der Waals surface area contributed by atoms with Crippen LogP contribution in [0.3, 0.4) is 0 Å². The van der Waals surface area contributed by atoms with E-state index < -0.39 is 0 Å². The van der Waals surface area contributed by atoms with E-state index in [0.29, 0.717) is 13.2 Å². The van der Waals surface area contributed by atoms with Gasteiger partial charge in [0.15, 0.2) is 0 Å². The number of hydrogen-bond donors (Lipinski definition) is 2. The van der Waals surface area contributed by atoms with Crippen molar-refractivity contribution in [1.29, 1.82) is 0 Å². The summed E-state index contributed by atoms with van der Waals surface area (Å²) in [5.41, 5.74) is 2.15. The highest BCUT2D eigenvalue weighted by Crippen LogP contribution is 2.04. The summed E-state index contributed by atoms with van der Waals surface area (Å²) in [6, 6.07) is 7.97. The van der Waals surface area contributed by atoms with Gasteiger partial charge in [-0.1, -0.05) is 24.3 Å². The lowest BCUT2D eigenvalue weighted by molar-refractivity contribution is 0.0695. The van der Waals surface area contributed by atoms with Gasteiger partial charge in [0.1, 0.15) is 0 Å². The molecule has 0 heterocycles. The van der Waals surface area contributed by atoms with Gasteiger partial charge < -0.3 is 19.9 Å². The fourth-order valence-electron chi connectivity index (χ4n) is 1.61. The Kier molecular flexibility index (Phi) is 8.42. The summed E-state index contributed by atoms with van der Waals surface area (Å²) >= 11 is 0. The minimum Gasteiger partial charge on any atom is -0.392 e. The Bertz CT molecular complexity index is 318. The van der Waals surface area contributed by atoms with Gasteiger partial charge in [0, 0.05) is 20.3 Å². The maximum Gasteiger partial charge on any atom is 0.0700 e. The maximum atomic E-state index is 9.03. The zero-order chi connectivity index (χ0) is 13.1. The molecule has 0 amide bonds. The molecule has 4 nitrogen and oxygen atoms in total. The topological polar surface area (TPSA) is 50.7 Å². The molecule has 0 spiro atoms. The SMILES string of the molecule is COCCOCCCNCc1cccc(CO)c1. The third-order valence-corrected chi connectivity index (χ3v) is 2.58. The molecule has 0 radical (unpaired) electrons. The lowest BCUT2D eigenvalue weighted by atomic mass is 10.1. The molecule has 0 saturated carbocycles. The largest absolute Gasteiger partial charge is 0.392 e. The van der Waals surface area contributed by atoms with Crippen molar-refractivity contribution in [2.24, 2.45) is 0 Å². The maximum absolute atomic E-state index is 9.03. The average molecular weight is 253 g/mol. The van der Waals surface area contributed by atoms with Crippen LogP contribution in [0.1, 0.15) is 17.5 Å². The third-order valence-electron chi connectivity index (χ3n) is 2.58. The molecule has 1 aromatic carbocycles. The first kappa shape index (κ1) is 15.1. The molecule has 2 N–H and O–H groups in total. The highest BCUT2D eigenvalue weighted by atomic mass is 16.5. The van der Waals surface area contributed by atoms with Crippen LogP contribution in [-0.2, 0) is 22.6 Å². The molecule has 0 saturated heterocycles. The Hall–Kier alpha value is -0.940. The van der Waals surface area contributed by atoms with Crippen molar-refractivity contribution < 1.29 is 14.6 Å². The van der Waals surface area contributed by atoms with Crippen LogP contribution in [0.4, 0.5) is 0 Å². The third kappa shape index (κ3) is 6.71. The van der Waals surface area contributed by atoms with Gasteiger partial charge in [-0.3, -0.25) is 0 Å². The van der Waals surface area contributed by atoms with E-state index in [-0.39, 0.29) is 6.61 Å². The summed E-state index contributed by atoms with van der Waals surface area (Å²) in [4.78, 5) is 0. The Balaban J connectivity index is 2.03. The highest BCUT2D eigenvalue weighted by molar-refractivity contribution is 5.22. The zero-order valence-electron chi connectivity index (χ0n) is 11.0. The summed E-state index contributed by atoms with van der Waals surface area (Å²) in [5, 5.41) is 12.4. The van der Waals surface area contributed by atoms with E-state index >= 15 is 0 Å². The molecule has 0 aromatic heterocycles. The monoisotopic (exact) mass is 253 g/mol. The standard InChI is InChI=1S/C14H23NO3/c1-17-8-9-18-7-3-6-15-11-13-4-2-5-14(10-13)12-16/h2,4-5,10,15-16H,3,6-9,11-12H2,1H3. The van der Waals surface area contributed by atoms with Crippen LogP contribution in [0.25, 0.3) is 0 Å². The summed E-state index contributed by atoms with van der Waals surface area (Å²) in [6.45, 7) is 3.92. The van der Waals surface area contributed by atoms with Crippen LogP contribution in [-0.4, -0.2) is 38.6 Å². The van der Waals surface area contributed by atoms with Crippen LogP contribution in [0, 0.1) is 0 Å². The van der Waals surface area contributed by atoms with Crippen LogP contribution >= 0.6 is 0 Å². The van der Waals surface area contributed by atoms with Gasteiger partial charge in [0.25, 0.3) is 0 Å². The van der Waals surface area contributed by atoms with Crippen molar-refractivity contribution in [3.05, 3.63) is 35.4 Å². The molecule has 0 unspecified atom stereocenters. The van der Waals surface area contributed by atoms with Crippen LogP contribution in [0.2, 0.25) is 0 Å². The quantitative estimate of drug-likeness (QED) is 0.618. The number of aliphatic hydroxyl groups is 1. The first-order valence-electron chi connectivity index (χ1n) is 6.33. The Morgan fingerprint density at radius 3 is 2.78 bits per heavy atom. The summed E-state index contributed by atoms with van der Waals surface area (Å²) in [6.07, 6.45) is 0.989. The number of hydrogen-bond acceptors (Lipinski definition) is 4. The van der Waals surface area contributed by atoms with Gasteiger partial charge in [-0.15, -0.1) is 0 Å². The second-order valence-electron chi connectivity index (χ2n) is 4.11. The van der Waals surface area contributed by atoms with Crippen molar-refractivity contribution in [3.8, 4) is 0 Å². The molecule has 102 valence electrons. The number of ether oxygens (including phenoxy) is 2. The molecule has 0 aliphatic heterocycles. The number of nitrogens with one attached hydrogen (secondary N) is 1. The summed E-state index contributed by atoms with van der Waals surface area (Å²) in [5.74, 6) is 0. The van der Waals surface area contributed by atoms with E-state index in [1.54, 1.807) is 7.11 Å². The molecular formula is C14H23NO3. The molecule has 0 aliphatic carbocycles. The van der Waals surface area contributed by atoms with Crippen molar-refractivity contribution >= 4 is 0 Å². The Morgan fingerprint density at radius 2 is 2.00 bits per heavy atom. The van der Waals surface area contributed by atoms with Gasteiger partial charge in [-0.2, -0.15) is 0 Å². The minimum absolute atomic E-state index is 0.0984. The number of rotatable bonds is 10. The van der Waals surface area contributed by atoms with Crippen LogP contribution < -0.4 is 5.32 Å². The van der Waals surface area contributed by atoms with Crippen molar-refractivity contribution in [1.82, 2.24) is 5.32 Å². The van der Waals surface area contributed by atoms with E-state index in [4.69, 9.17) is 14.6 Å². The molecule has 4 heteroatoms. The van der Waals surface area contributed by atoms with E-state index in [2.05, 4.69) is 11.4 Å². The number of aliphatic hydroxyl groups excluding tert-OH is 1. The first-order chi connectivity index (χ1) is 8.86.